The summed E-state index contributed by atoms with van der Waals surface area (Å²) in [5.74, 6) is -0.836. The molecule has 0 unspecified atom stereocenters. The lowest BCUT2D eigenvalue weighted by Crippen LogP contribution is -2.29. The van der Waals surface area contributed by atoms with Gasteiger partial charge in [0.1, 0.15) is 5.75 Å². The maximum absolute atomic E-state index is 11.7. The molecule has 8 heteroatoms. The fourth-order valence-corrected chi connectivity index (χ4v) is 5.38. The Balaban J connectivity index is 1.71. The summed E-state index contributed by atoms with van der Waals surface area (Å²) in [5, 5.41) is 24.2. The van der Waals surface area contributed by atoms with Crippen molar-refractivity contribution >= 4 is 29.0 Å². The van der Waals surface area contributed by atoms with Gasteiger partial charge in [-0.05, 0) is 86.6 Å². The Morgan fingerprint density at radius 2 is 1.75 bits per heavy atom. The van der Waals surface area contributed by atoms with E-state index in [2.05, 4.69) is 20.9 Å². The van der Waals surface area contributed by atoms with Crippen LogP contribution >= 0.6 is 12.2 Å². The number of rotatable bonds is 5. The van der Waals surface area contributed by atoms with E-state index in [0.29, 0.717) is 10.8 Å². The summed E-state index contributed by atoms with van der Waals surface area (Å²) in [5.41, 5.74) is 6.36. The highest BCUT2D eigenvalue weighted by Crippen LogP contribution is 2.45. The van der Waals surface area contributed by atoms with Crippen molar-refractivity contribution in [3.8, 4) is 11.4 Å². The number of aromatic nitrogens is 2. The number of aromatic carboxylic acids is 1. The Hall–Kier alpha value is -4.17. The molecule has 1 aliphatic rings. The SMILES string of the molecule is Cc1ccc(C(=O)O)cc1-n1c(C)cc([C@H]2[C@@H](c3ccccn3)NC(=S)N2c2ccccc2O)c1C. The van der Waals surface area contributed by atoms with Gasteiger partial charge in [-0.15, -0.1) is 0 Å². The van der Waals surface area contributed by atoms with Crippen molar-refractivity contribution in [3.63, 3.8) is 0 Å². The van der Waals surface area contributed by atoms with Crippen molar-refractivity contribution in [2.75, 3.05) is 4.90 Å². The number of aryl methyl sites for hydroxylation is 2. The van der Waals surface area contributed by atoms with Gasteiger partial charge < -0.3 is 25.0 Å². The van der Waals surface area contributed by atoms with Gasteiger partial charge in [0.2, 0.25) is 0 Å². The molecule has 0 radical (unpaired) electrons. The van der Waals surface area contributed by atoms with Gasteiger partial charge in [0, 0.05) is 23.3 Å². The Kier molecular flexibility index (Phi) is 5.97. The van der Waals surface area contributed by atoms with Crippen LogP contribution in [0.3, 0.4) is 0 Å². The predicted octanol–water partition coefficient (Wildman–Crippen LogP) is 5.38. The molecule has 5 rings (SSSR count). The number of hydrogen-bond donors (Lipinski definition) is 3. The normalized spacial score (nSPS) is 17.3. The highest BCUT2D eigenvalue weighted by Gasteiger charge is 2.43. The molecule has 1 saturated heterocycles. The molecule has 182 valence electrons. The molecule has 3 N–H and O–H groups in total. The number of nitrogens with one attached hydrogen (secondary N) is 1. The Morgan fingerprint density at radius 1 is 1.00 bits per heavy atom. The van der Waals surface area contributed by atoms with Crippen LogP contribution in [-0.2, 0) is 0 Å². The summed E-state index contributed by atoms with van der Waals surface area (Å²) in [7, 11) is 0. The van der Waals surface area contributed by atoms with Gasteiger partial charge >= 0.3 is 5.97 Å². The van der Waals surface area contributed by atoms with Gasteiger partial charge in [-0.2, -0.15) is 0 Å². The number of aromatic hydroxyl groups is 1. The van der Waals surface area contributed by atoms with Crippen LogP contribution in [0.15, 0.2) is 72.9 Å². The lowest BCUT2D eigenvalue weighted by Gasteiger charge is -2.28. The summed E-state index contributed by atoms with van der Waals surface area (Å²) < 4.78 is 2.08. The van der Waals surface area contributed by atoms with Gasteiger partial charge in [0.15, 0.2) is 5.11 Å². The lowest BCUT2D eigenvalue weighted by molar-refractivity contribution is 0.0697. The average molecular weight is 499 g/mol. The Labute approximate surface area is 214 Å². The highest BCUT2D eigenvalue weighted by molar-refractivity contribution is 7.80. The minimum absolute atomic E-state index is 0.132. The first-order valence-corrected chi connectivity index (χ1v) is 12.0. The molecule has 2 atom stereocenters. The monoisotopic (exact) mass is 498 g/mol. The summed E-state index contributed by atoms with van der Waals surface area (Å²) in [6.07, 6.45) is 1.75. The van der Waals surface area contributed by atoms with Crippen molar-refractivity contribution < 1.29 is 15.0 Å². The number of phenolic OH excluding ortho intramolecular Hbond substituents is 1. The van der Waals surface area contributed by atoms with Crippen molar-refractivity contribution in [2.24, 2.45) is 0 Å². The van der Waals surface area contributed by atoms with Gasteiger partial charge in [0.25, 0.3) is 0 Å². The molecule has 0 spiro atoms. The minimum atomic E-state index is -0.967. The third-order valence-electron chi connectivity index (χ3n) is 6.73. The molecule has 1 aliphatic heterocycles. The topological polar surface area (TPSA) is 90.6 Å². The van der Waals surface area contributed by atoms with E-state index in [9.17, 15) is 15.0 Å². The minimum Gasteiger partial charge on any atom is -0.506 e. The fourth-order valence-electron chi connectivity index (χ4n) is 5.04. The predicted molar refractivity (Wildman–Crippen MR) is 143 cm³/mol. The van der Waals surface area contributed by atoms with Crippen LogP contribution in [0.2, 0.25) is 0 Å². The summed E-state index contributed by atoms with van der Waals surface area (Å²) in [4.78, 5) is 18.2. The molecule has 2 aromatic carbocycles. The smallest absolute Gasteiger partial charge is 0.335 e. The number of carboxylic acids is 1. The average Bonchev–Trinajstić information content (AvgIpc) is 3.35. The maximum atomic E-state index is 11.7. The number of para-hydroxylation sites is 2. The molecule has 2 aromatic heterocycles. The summed E-state index contributed by atoms with van der Waals surface area (Å²) >= 11 is 5.78. The molecule has 0 aliphatic carbocycles. The molecule has 0 amide bonds. The van der Waals surface area contributed by atoms with Gasteiger partial charge in [0.05, 0.1) is 29.0 Å². The first kappa shape index (κ1) is 23.6. The zero-order valence-electron chi connectivity index (χ0n) is 20.1. The number of carboxylic acid groups (broad SMARTS) is 1. The zero-order valence-corrected chi connectivity index (χ0v) is 21.0. The molecule has 36 heavy (non-hydrogen) atoms. The Morgan fingerprint density at radius 3 is 2.44 bits per heavy atom. The number of thiocarbonyl (C=S) groups is 1. The number of phenols is 1. The number of pyridine rings is 1. The van der Waals surface area contributed by atoms with E-state index in [1.807, 2.05) is 62.1 Å². The zero-order chi connectivity index (χ0) is 25.6. The van der Waals surface area contributed by atoms with Gasteiger partial charge in [-0.1, -0.05) is 24.3 Å². The fraction of sp³-hybridized carbons (Fsp3) is 0.179. The second kappa shape index (κ2) is 9.13. The van der Waals surface area contributed by atoms with E-state index < -0.39 is 5.97 Å². The maximum Gasteiger partial charge on any atom is 0.335 e. The number of nitrogens with zero attached hydrogens (tertiary/aromatic N) is 3. The standard InChI is InChI=1S/C28H26N4O3S/c1-16-11-12-19(27(34)35)15-23(16)31-17(2)14-20(18(31)3)26-25(21-8-6-7-13-29-21)30-28(36)32(26)22-9-4-5-10-24(22)33/h4-15,25-26,33H,1-3H3,(H,30,36)(H,34,35)/t25-,26+/m1/s1. The quantitative estimate of drug-likeness (QED) is 0.318. The van der Waals surface area contributed by atoms with Crippen molar-refractivity contribution in [2.45, 2.75) is 32.9 Å². The van der Waals surface area contributed by atoms with Crippen LogP contribution in [0.25, 0.3) is 5.69 Å². The largest absolute Gasteiger partial charge is 0.506 e. The Bertz CT molecular complexity index is 1480. The van der Waals surface area contributed by atoms with E-state index in [-0.39, 0.29) is 23.4 Å². The molecule has 7 nitrogen and oxygen atoms in total. The van der Waals surface area contributed by atoms with Crippen molar-refractivity contribution in [1.29, 1.82) is 0 Å². The second-order valence-electron chi connectivity index (χ2n) is 8.95. The number of hydrogen-bond acceptors (Lipinski definition) is 4. The first-order valence-electron chi connectivity index (χ1n) is 11.6. The lowest BCUT2D eigenvalue weighted by atomic mass is 9.96. The van der Waals surface area contributed by atoms with Gasteiger partial charge in [-0.3, -0.25) is 4.98 Å². The van der Waals surface area contributed by atoms with Crippen LogP contribution < -0.4 is 10.2 Å². The van der Waals surface area contributed by atoms with E-state index in [0.717, 1.165) is 33.9 Å². The van der Waals surface area contributed by atoms with Crippen molar-refractivity contribution in [1.82, 2.24) is 14.9 Å². The third-order valence-corrected chi connectivity index (χ3v) is 7.04. The van der Waals surface area contributed by atoms with E-state index >= 15 is 0 Å². The third kappa shape index (κ3) is 3.89. The van der Waals surface area contributed by atoms with Crippen LogP contribution in [0, 0.1) is 20.8 Å². The first-order chi connectivity index (χ1) is 17.3. The number of benzene rings is 2. The molecular weight excluding hydrogens is 472 g/mol. The molecular formula is C28H26N4O3S. The molecule has 0 saturated carbocycles. The van der Waals surface area contributed by atoms with Crippen molar-refractivity contribution in [3.05, 3.63) is 107 Å². The molecule has 4 aromatic rings. The highest BCUT2D eigenvalue weighted by atomic mass is 32.1. The molecule has 0 bridgehead atoms. The van der Waals surface area contributed by atoms with Gasteiger partial charge in [-0.25, -0.2) is 4.79 Å². The summed E-state index contributed by atoms with van der Waals surface area (Å²) in [6.45, 7) is 6.00. The van der Waals surface area contributed by atoms with Crippen LogP contribution in [0.1, 0.15) is 50.7 Å². The molecule has 3 heterocycles. The number of carbonyl (C=O) groups is 1. The van der Waals surface area contributed by atoms with E-state index in [1.165, 1.54) is 0 Å². The van der Waals surface area contributed by atoms with Crippen LogP contribution in [0.5, 0.6) is 5.75 Å². The number of anilines is 1. The van der Waals surface area contributed by atoms with E-state index in [4.69, 9.17) is 12.2 Å². The summed E-state index contributed by atoms with van der Waals surface area (Å²) in [6, 6.07) is 19.6. The second-order valence-corrected chi connectivity index (χ2v) is 9.34. The molecule has 1 fully saturated rings. The van der Waals surface area contributed by atoms with Crippen LogP contribution in [-0.4, -0.2) is 30.8 Å². The van der Waals surface area contributed by atoms with Crippen LogP contribution in [0.4, 0.5) is 5.69 Å². The van der Waals surface area contributed by atoms with E-state index in [1.54, 1.807) is 30.5 Å².